The van der Waals surface area contributed by atoms with Gasteiger partial charge in [0.15, 0.2) is 0 Å². The molecule has 1 atom stereocenters. The predicted octanol–water partition coefficient (Wildman–Crippen LogP) is 2.58. The van der Waals surface area contributed by atoms with E-state index >= 15 is 0 Å². The molecule has 1 aromatic heterocycles. The smallest absolute Gasteiger partial charge is 0.408 e. The summed E-state index contributed by atoms with van der Waals surface area (Å²) >= 11 is 0. The Labute approximate surface area is 151 Å². The maximum absolute atomic E-state index is 12.8. The number of hydrogen-bond acceptors (Lipinski definition) is 6. The van der Waals surface area contributed by atoms with Gasteiger partial charge in [-0.3, -0.25) is 4.79 Å². The van der Waals surface area contributed by atoms with Gasteiger partial charge in [0.2, 0.25) is 5.91 Å². The number of anilines is 1. The highest BCUT2D eigenvalue weighted by molar-refractivity contribution is 5.91. The van der Waals surface area contributed by atoms with Gasteiger partial charge in [-0.25, -0.2) is 4.79 Å². The average molecular weight is 354 g/mol. The minimum atomic E-state index is -0.750. The third-order valence-electron chi connectivity index (χ3n) is 4.31. The molecule has 0 radical (unpaired) electrons. The van der Waals surface area contributed by atoms with E-state index in [1.807, 2.05) is 26.8 Å². The number of nitrogens with one attached hydrogen (secondary N) is 2. The molecular formula is C19H22N4O3. The van der Waals surface area contributed by atoms with E-state index in [9.17, 15) is 14.9 Å². The molecule has 136 valence electrons. The van der Waals surface area contributed by atoms with Crippen molar-refractivity contribution in [2.75, 3.05) is 5.32 Å². The van der Waals surface area contributed by atoms with Crippen LogP contribution in [0.5, 0.6) is 0 Å². The average Bonchev–Trinajstić information content (AvgIpc) is 3.33. The minimum absolute atomic E-state index is 0.145. The second-order valence-corrected chi connectivity index (χ2v) is 7.97. The molecule has 7 nitrogen and oxygen atoms in total. The number of aromatic nitrogens is 1. The van der Waals surface area contributed by atoms with Crippen molar-refractivity contribution in [2.45, 2.75) is 51.6 Å². The van der Waals surface area contributed by atoms with Crippen molar-refractivity contribution in [1.29, 1.82) is 5.26 Å². The predicted molar refractivity (Wildman–Crippen MR) is 97.5 cm³/mol. The molecular weight excluding hydrogens is 332 g/mol. The molecule has 1 unspecified atom stereocenters. The number of fused-ring (bicyclic) bond motifs is 1. The zero-order valence-corrected chi connectivity index (χ0v) is 15.1. The van der Waals surface area contributed by atoms with Crippen LogP contribution in [0.25, 0.3) is 11.0 Å². The summed E-state index contributed by atoms with van der Waals surface area (Å²) in [6.45, 7) is 6.07. The van der Waals surface area contributed by atoms with Crippen LogP contribution in [0.4, 0.5) is 5.82 Å². The Bertz CT molecular complexity index is 932. The minimum Gasteiger partial charge on any atom is -0.408 e. The van der Waals surface area contributed by atoms with Crippen LogP contribution in [0.3, 0.4) is 0 Å². The fourth-order valence-electron chi connectivity index (χ4n) is 2.83. The number of rotatable bonds is 5. The summed E-state index contributed by atoms with van der Waals surface area (Å²) in [5.74, 6) is -0.682. The van der Waals surface area contributed by atoms with Gasteiger partial charge >= 0.3 is 5.76 Å². The van der Waals surface area contributed by atoms with Crippen LogP contribution in [-0.4, -0.2) is 22.5 Å². The fraction of sp³-hybridized carbons (Fsp3) is 0.474. The van der Waals surface area contributed by atoms with Crippen LogP contribution >= 0.6 is 0 Å². The van der Waals surface area contributed by atoms with Crippen LogP contribution in [0.1, 0.15) is 40.0 Å². The number of hydrogen-bond donors (Lipinski definition) is 2. The van der Waals surface area contributed by atoms with Crippen molar-refractivity contribution in [2.24, 2.45) is 5.41 Å². The lowest BCUT2D eigenvalue weighted by Gasteiger charge is -2.27. The first-order valence-electron chi connectivity index (χ1n) is 8.61. The zero-order chi connectivity index (χ0) is 18.9. The van der Waals surface area contributed by atoms with E-state index in [0.717, 1.165) is 0 Å². The van der Waals surface area contributed by atoms with Crippen molar-refractivity contribution in [3.8, 4) is 6.07 Å². The van der Waals surface area contributed by atoms with Gasteiger partial charge in [-0.05, 0) is 36.8 Å². The van der Waals surface area contributed by atoms with Crippen LogP contribution in [-0.2, 0) is 4.79 Å². The topological polar surface area (TPSA) is 108 Å². The van der Waals surface area contributed by atoms with Crippen LogP contribution in [0.15, 0.2) is 33.5 Å². The number of nitrogens with zero attached hydrogens (tertiary/aromatic N) is 2. The molecule has 1 amide bonds. The summed E-state index contributed by atoms with van der Waals surface area (Å²) in [6.07, 6.45) is 1.83. The van der Waals surface area contributed by atoms with Crippen molar-refractivity contribution >= 4 is 22.7 Å². The Morgan fingerprint density at radius 2 is 2.08 bits per heavy atom. The van der Waals surface area contributed by atoms with Crippen molar-refractivity contribution in [1.82, 2.24) is 10.3 Å². The molecule has 1 aromatic carbocycles. The zero-order valence-electron chi connectivity index (χ0n) is 15.1. The highest BCUT2D eigenvalue weighted by atomic mass is 16.4. The van der Waals surface area contributed by atoms with Gasteiger partial charge in [-0.1, -0.05) is 32.9 Å². The normalized spacial score (nSPS) is 16.5. The first-order chi connectivity index (χ1) is 12.2. The Hall–Kier alpha value is -2.88. The Morgan fingerprint density at radius 1 is 1.38 bits per heavy atom. The van der Waals surface area contributed by atoms with Crippen molar-refractivity contribution in [3.63, 3.8) is 0 Å². The molecule has 1 aliphatic rings. The molecule has 1 fully saturated rings. The molecule has 0 spiro atoms. The van der Waals surface area contributed by atoms with Gasteiger partial charge in [0.05, 0.1) is 11.5 Å². The lowest BCUT2D eigenvalue weighted by molar-refractivity contribution is -0.123. The molecule has 1 heterocycles. The maximum Gasteiger partial charge on any atom is 0.441 e. The summed E-state index contributed by atoms with van der Waals surface area (Å²) in [5.41, 5.74) is -0.492. The van der Waals surface area contributed by atoms with E-state index < -0.39 is 17.3 Å². The third-order valence-corrected chi connectivity index (χ3v) is 4.31. The standard InChI is InChI=1S/C19H22N4O3/c1-18(2,3)10-13(16(24)23-19(11-20)8-9-19)21-15-12-6-4-5-7-14(12)26-17(25)22-15/h4-7,13H,8-10H2,1-3H3,(H,23,24)(H,21,22,25). The van der Waals surface area contributed by atoms with Crippen molar-refractivity contribution < 1.29 is 9.21 Å². The number of para-hydroxylation sites is 1. The second kappa shape index (κ2) is 6.45. The summed E-state index contributed by atoms with van der Waals surface area (Å²) < 4.78 is 5.10. The summed E-state index contributed by atoms with van der Waals surface area (Å²) in [6, 6.07) is 8.56. The van der Waals surface area contributed by atoms with Gasteiger partial charge in [-0.15, -0.1) is 0 Å². The van der Waals surface area contributed by atoms with E-state index in [1.54, 1.807) is 18.2 Å². The van der Waals surface area contributed by atoms with Gasteiger partial charge in [-0.2, -0.15) is 10.2 Å². The molecule has 0 aliphatic heterocycles. The van der Waals surface area contributed by atoms with E-state index in [0.29, 0.717) is 36.0 Å². The fourth-order valence-corrected chi connectivity index (χ4v) is 2.83. The highest BCUT2D eigenvalue weighted by Gasteiger charge is 2.46. The van der Waals surface area contributed by atoms with Crippen molar-refractivity contribution in [3.05, 3.63) is 34.8 Å². The number of benzene rings is 1. The first-order valence-corrected chi connectivity index (χ1v) is 8.61. The van der Waals surface area contributed by atoms with E-state index in [2.05, 4.69) is 21.7 Å². The lowest BCUT2D eigenvalue weighted by atomic mass is 9.87. The van der Waals surface area contributed by atoms with Crippen LogP contribution in [0.2, 0.25) is 0 Å². The summed E-state index contributed by atoms with van der Waals surface area (Å²) in [4.78, 5) is 28.5. The second-order valence-electron chi connectivity index (χ2n) is 7.97. The molecule has 2 aromatic rings. The monoisotopic (exact) mass is 354 g/mol. The lowest BCUT2D eigenvalue weighted by Crippen LogP contribution is -2.47. The number of amides is 1. The Kier molecular flexibility index (Phi) is 4.45. The Balaban J connectivity index is 1.92. The van der Waals surface area contributed by atoms with E-state index in [4.69, 9.17) is 4.42 Å². The van der Waals surface area contributed by atoms with Crippen LogP contribution < -0.4 is 16.4 Å². The third kappa shape index (κ3) is 4.02. The molecule has 0 bridgehead atoms. The number of nitriles is 1. The van der Waals surface area contributed by atoms with Crippen LogP contribution in [0, 0.1) is 16.7 Å². The van der Waals surface area contributed by atoms with Gasteiger partial charge in [0, 0.05) is 0 Å². The summed E-state index contributed by atoms with van der Waals surface area (Å²) in [7, 11) is 0. The summed E-state index contributed by atoms with van der Waals surface area (Å²) in [5, 5.41) is 15.8. The number of carbonyl (C=O) groups is 1. The largest absolute Gasteiger partial charge is 0.441 e. The maximum atomic E-state index is 12.8. The number of carbonyl (C=O) groups excluding carboxylic acids is 1. The van der Waals surface area contributed by atoms with E-state index in [-0.39, 0.29) is 11.3 Å². The molecule has 1 saturated carbocycles. The highest BCUT2D eigenvalue weighted by Crippen LogP contribution is 2.35. The molecule has 1 aliphatic carbocycles. The SMILES string of the molecule is CC(C)(C)CC(Nc1nc(=O)oc2ccccc12)C(=O)NC1(C#N)CC1. The molecule has 7 heteroatoms. The van der Waals surface area contributed by atoms with E-state index in [1.165, 1.54) is 0 Å². The van der Waals surface area contributed by atoms with Gasteiger partial charge < -0.3 is 15.1 Å². The molecule has 2 N–H and O–H groups in total. The molecule has 0 saturated heterocycles. The first kappa shape index (κ1) is 17.9. The Morgan fingerprint density at radius 3 is 2.69 bits per heavy atom. The molecule has 3 rings (SSSR count). The quantitative estimate of drug-likeness (QED) is 0.854. The van der Waals surface area contributed by atoms with Gasteiger partial charge in [0.25, 0.3) is 0 Å². The van der Waals surface area contributed by atoms with Gasteiger partial charge in [0.1, 0.15) is 23.0 Å². The molecule has 26 heavy (non-hydrogen) atoms.